The van der Waals surface area contributed by atoms with Crippen LogP contribution < -0.4 is 0 Å². The fourth-order valence-corrected chi connectivity index (χ4v) is 3.96. The van der Waals surface area contributed by atoms with E-state index in [1.54, 1.807) is 0 Å². The summed E-state index contributed by atoms with van der Waals surface area (Å²) in [6.45, 7) is 5.62. The van der Waals surface area contributed by atoms with Gasteiger partial charge in [0.2, 0.25) is 0 Å². The minimum atomic E-state index is 0.336. The number of nitrogens with zero attached hydrogens (tertiary/aromatic N) is 2. The lowest BCUT2D eigenvalue weighted by molar-refractivity contribution is -0.00412. The fourth-order valence-electron chi connectivity index (χ4n) is 3.76. The molecule has 1 fully saturated rings. The Balaban J connectivity index is 1.35. The summed E-state index contributed by atoms with van der Waals surface area (Å²) in [5.74, 6) is 0. The van der Waals surface area contributed by atoms with E-state index in [1.807, 2.05) is 18.2 Å². The Kier molecular flexibility index (Phi) is 5.72. The molecular weight excluding hydrogens is 356 g/mol. The van der Waals surface area contributed by atoms with Crippen molar-refractivity contribution < 1.29 is 4.74 Å². The second kappa shape index (κ2) is 8.39. The van der Waals surface area contributed by atoms with Gasteiger partial charge < -0.3 is 4.74 Å². The Labute approximate surface area is 165 Å². The van der Waals surface area contributed by atoms with E-state index in [1.165, 1.54) is 5.56 Å². The molecule has 1 saturated heterocycles. The monoisotopic (exact) mass is 380 g/mol. The maximum atomic E-state index is 6.62. The molecule has 0 amide bonds. The second-order valence-electron chi connectivity index (χ2n) is 7.29. The van der Waals surface area contributed by atoms with Crippen molar-refractivity contribution in [3.8, 4) is 0 Å². The van der Waals surface area contributed by atoms with Gasteiger partial charge in [0.25, 0.3) is 0 Å². The summed E-state index contributed by atoms with van der Waals surface area (Å²) in [6.07, 6.45) is 2.44. The topological polar surface area (TPSA) is 25.4 Å². The molecule has 1 aromatic heterocycles. The van der Waals surface area contributed by atoms with Crippen LogP contribution in [-0.2, 0) is 17.9 Å². The zero-order chi connectivity index (χ0) is 18.6. The molecule has 4 heteroatoms. The Hall–Kier alpha value is -1.94. The SMILES string of the molecule is Cc1c(Cl)c(CN2CCC(OCc3ccccc3)CC2)nc2ccccc12. The number of pyridine rings is 1. The van der Waals surface area contributed by atoms with E-state index in [0.717, 1.165) is 59.7 Å². The number of rotatable bonds is 5. The van der Waals surface area contributed by atoms with Crippen molar-refractivity contribution in [3.05, 3.63) is 76.4 Å². The molecular formula is C23H25ClN2O. The minimum Gasteiger partial charge on any atom is -0.373 e. The van der Waals surface area contributed by atoms with Gasteiger partial charge in [-0.2, -0.15) is 0 Å². The predicted molar refractivity (Wildman–Crippen MR) is 111 cm³/mol. The molecule has 0 bridgehead atoms. The Morgan fingerprint density at radius 3 is 2.52 bits per heavy atom. The summed E-state index contributed by atoms with van der Waals surface area (Å²) in [4.78, 5) is 7.26. The molecule has 140 valence electrons. The maximum Gasteiger partial charge on any atom is 0.0740 e. The van der Waals surface area contributed by atoms with Crippen molar-refractivity contribution in [3.63, 3.8) is 0 Å². The number of aryl methyl sites for hydroxylation is 1. The average Bonchev–Trinajstić information content (AvgIpc) is 2.72. The van der Waals surface area contributed by atoms with E-state index < -0.39 is 0 Å². The van der Waals surface area contributed by atoms with Gasteiger partial charge in [-0.3, -0.25) is 4.90 Å². The van der Waals surface area contributed by atoms with E-state index in [-0.39, 0.29) is 0 Å². The van der Waals surface area contributed by atoms with Crippen LogP contribution in [0.5, 0.6) is 0 Å². The highest BCUT2D eigenvalue weighted by molar-refractivity contribution is 6.32. The molecule has 3 nitrogen and oxygen atoms in total. The van der Waals surface area contributed by atoms with Crippen LogP contribution in [0.4, 0.5) is 0 Å². The highest BCUT2D eigenvalue weighted by atomic mass is 35.5. The molecule has 27 heavy (non-hydrogen) atoms. The Morgan fingerprint density at radius 2 is 1.74 bits per heavy atom. The van der Waals surface area contributed by atoms with Crippen molar-refractivity contribution in [2.75, 3.05) is 13.1 Å². The van der Waals surface area contributed by atoms with Crippen molar-refractivity contribution in [2.24, 2.45) is 0 Å². The number of aromatic nitrogens is 1. The maximum absolute atomic E-state index is 6.62. The van der Waals surface area contributed by atoms with Crippen LogP contribution >= 0.6 is 11.6 Å². The van der Waals surface area contributed by atoms with Crippen LogP contribution in [0.15, 0.2) is 54.6 Å². The summed E-state index contributed by atoms with van der Waals surface area (Å²) >= 11 is 6.62. The molecule has 4 rings (SSSR count). The first-order valence-electron chi connectivity index (χ1n) is 9.62. The summed E-state index contributed by atoms with van der Waals surface area (Å²) in [6, 6.07) is 18.6. The van der Waals surface area contributed by atoms with Crippen LogP contribution in [0.25, 0.3) is 10.9 Å². The first-order valence-corrected chi connectivity index (χ1v) is 10.00. The lowest BCUT2D eigenvalue weighted by Gasteiger charge is -2.32. The number of para-hydroxylation sites is 1. The van der Waals surface area contributed by atoms with Crippen LogP contribution in [0.1, 0.15) is 29.7 Å². The molecule has 0 radical (unpaired) electrons. The number of hydrogen-bond acceptors (Lipinski definition) is 3. The van der Waals surface area contributed by atoms with Crippen molar-refractivity contribution >= 4 is 22.5 Å². The van der Waals surface area contributed by atoms with E-state index in [9.17, 15) is 0 Å². The third-order valence-electron chi connectivity index (χ3n) is 5.38. The number of benzene rings is 2. The van der Waals surface area contributed by atoms with Gasteiger partial charge in [-0.25, -0.2) is 4.98 Å². The number of ether oxygens (including phenoxy) is 1. The lowest BCUT2D eigenvalue weighted by atomic mass is 10.1. The van der Waals surface area contributed by atoms with Gasteiger partial charge >= 0.3 is 0 Å². The number of piperidine rings is 1. The predicted octanol–water partition coefficient (Wildman–Crippen LogP) is 5.38. The second-order valence-corrected chi connectivity index (χ2v) is 7.66. The zero-order valence-electron chi connectivity index (χ0n) is 15.7. The van der Waals surface area contributed by atoms with Gasteiger partial charge in [0.15, 0.2) is 0 Å². The lowest BCUT2D eigenvalue weighted by Crippen LogP contribution is -2.36. The van der Waals surface area contributed by atoms with Crippen LogP contribution in [0.2, 0.25) is 5.02 Å². The first-order chi connectivity index (χ1) is 13.2. The molecule has 3 aromatic rings. The van der Waals surface area contributed by atoms with Gasteiger partial charge in [-0.05, 0) is 37.0 Å². The summed E-state index contributed by atoms with van der Waals surface area (Å²) in [5, 5.41) is 1.94. The van der Waals surface area contributed by atoms with E-state index in [4.69, 9.17) is 21.3 Å². The Morgan fingerprint density at radius 1 is 1.04 bits per heavy atom. The number of halogens is 1. The molecule has 1 aliphatic rings. The van der Waals surface area contributed by atoms with Crippen LogP contribution in [0.3, 0.4) is 0 Å². The van der Waals surface area contributed by atoms with Crippen molar-refractivity contribution in [1.29, 1.82) is 0 Å². The molecule has 2 heterocycles. The first kappa shape index (κ1) is 18.4. The van der Waals surface area contributed by atoms with Gasteiger partial charge in [-0.15, -0.1) is 0 Å². The van der Waals surface area contributed by atoms with Gasteiger partial charge in [0.1, 0.15) is 0 Å². The van der Waals surface area contributed by atoms with Gasteiger partial charge in [0, 0.05) is 25.0 Å². The number of hydrogen-bond donors (Lipinski definition) is 0. The minimum absolute atomic E-state index is 0.336. The highest BCUT2D eigenvalue weighted by Gasteiger charge is 2.21. The smallest absolute Gasteiger partial charge is 0.0740 e. The summed E-state index contributed by atoms with van der Waals surface area (Å²) in [7, 11) is 0. The largest absolute Gasteiger partial charge is 0.373 e. The molecule has 1 aliphatic heterocycles. The molecule has 0 spiro atoms. The molecule has 0 atom stereocenters. The van der Waals surface area contributed by atoms with Crippen LogP contribution in [0, 0.1) is 6.92 Å². The highest BCUT2D eigenvalue weighted by Crippen LogP contribution is 2.28. The third-order valence-corrected chi connectivity index (χ3v) is 5.88. The average molecular weight is 381 g/mol. The summed E-state index contributed by atoms with van der Waals surface area (Å²) in [5.41, 5.74) is 4.37. The zero-order valence-corrected chi connectivity index (χ0v) is 16.5. The van der Waals surface area contributed by atoms with E-state index in [2.05, 4.69) is 48.2 Å². The molecule has 0 saturated carbocycles. The molecule has 0 unspecified atom stereocenters. The van der Waals surface area contributed by atoms with Crippen molar-refractivity contribution in [1.82, 2.24) is 9.88 Å². The molecule has 0 N–H and O–H groups in total. The van der Waals surface area contributed by atoms with Crippen molar-refractivity contribution in [2.45, 2.75) is 39.0 Å². The van der Waals surface area contributed by atoms with Crippen LogP contribution in [-0.4, -0.2) is 29.1 Å². The third kappa shape index (κ3) is 4.32. The number of likely N-dealkylation sites (tertiary alicyclic amines) is 1. The fraction of sp³-hybridized carbons (Fsp3) is 0.348. The Bertz CT molecular complexity index is 905. The van der Waals surface area contributed by atoms with E-state index >= 15 is 0 Å². The molecule has 0 aliphatic carbocycles. The van der Waals surface area contributed by atoms with E-state index in [0.29, 0.717) is 12.7 Å². The van der Waals surface area contributed by atoms with Gasteiger partial charge in [0.05, 0.1) is 28.9 Å². The quantitative estimate of drug-likeness (QED) is 0.594. The summed E-state index contributed by atoms with van der Waals surface area (Å²) < 4.78 is 6.10. The molecule has 2 aromatic carbocycles. The normalized spacial score (nSPS) is 16.1. The van der Waals surface area contributed by atoms with Gasteiger partial charge in [-0.1, -0.05) is 60.1 Å². The standard InChI is InChI=1S/C23H25ClN2O/c1-17-20-9-5-6-10-21(20)25-22(23(17)24)15-26-13-11-19(12-14-26)27-16-18-7-3-2-4-8-18/h2-10,19H,11-16H2,1H3. The number of fused-ring (bicyclic) bond motifs is 1.